The van der Waals surface area contributed by atoms with Gasteiger partial charge in [0, 0.05) is 23.9 Å². The largest absolute Gasteiger partial charge is 0.494 e. The second-order valence-corrected chi connectivity index (χ2v) is 9.26. The third-order valence-corrected chi connectivity index (χ3v) is 6.27. The number of aliphatic hydroxyl groups excluding tert-OH is 2. The third kappa shape index (κ3) is 7.11. The van der Waals surface area contributed by atoms with Crippen LogP contribution in [-0.2, 0) is 11.3 Å². The monoisotopic (exact) mass is 598 g/mol. The number of carbonyl (C=O) groups is 1. The average molecular weight is 599 g/mol. The van der Waals surface area contributed by atoms with Crippen LogP contribution in [0, 0.1) is 5.82 Å². The molecule has 0 fully saturated rings. The number of imidazole rings is 1. The highest BCUT2D eigenvalue weighted by Crippen LogP contribution is 2.34. The summed E-state index contributed by atoms with van der Waals surface area (Å²) in [6.45, 7) is 0.0898. The van der Waals surface area contributed by atoms with E-state index in [2.05, 4.69) is 20.4 Å². The van der Waals surface area contributed by atoms with Crippen molar-refractivity contribution in [1.82, 2.24) is 24.3 Å². The molecule has 0 aliphatic carbocycles. The average Bonchev–Trinajstić information content (AvgIpc) is 3.50. The fourth-order valence-electron chi connectivity index (χ4n) is 4.11. The lowest BCUT2D eigenvalue weighted by Gasteiger charge is -2.18. The number of methoxy groups -OCH3 is 1. The molecule has 0 spiro atoms. The standard InChI is InChI=1S/C23H22ClFN6O3.C2HF3O2/c1-34-20-8-15(6-7-17(20)30-11-21(24)26-12-30)27-23-28-22-16(13-2-4-14(25)5-3-13)9-18(32)19(33)10-31(22)29-23;3-2(4,5)1(6)7/h2-8,11-12,16,18-19,32-33H,9-10H2,1H3,(H,27,29);(H,6,7)/t16-,18+,19-;/m0./s1. The van der Waals surface area contributed by atoms with Crippen molar-refractivity contribution in [2.24, 2.45) is 0 Å². The Bertz CT molecular complexity index is 1510. The number of halogens is 5. The maximum absolute atomic E-state index is 13.5. The van der Waals surface area contributed by atoms with Crippen molar-refractivity contribution in [2.75, 3.05) is 12.4 Å². The zero-order chi connectivity index (χ0) is 29.9. The van der Waals surface area contributed by atoms with E-state index >= 15 is 0 Å². The fourth-order valence-corrected chi connectivity index (χ4v) is 4.26. The molecule has 4 N–H and O–H groups in total. The maximum atomic E-state index is 13.5. The van der Waals surface area contributed by atoms with Crippen molar-refractivity contribution in [3.63, 3.8) is 0 Å². The van der Waals surface area contributed by atoms with Gasteiger partial charge >= 0.3 is 12.1 Å². The van der Waals surface area contributed by atoms with E-state index < -0.39 is 24.4 Å². The summed E-state index contributed by atoms with van der Waals surface area (Å²) in [6, 6.07) is 11.5. The molecule has 0 amide bonds. The molecule has 1 aliphatic heterocycles. The Kier molecular flexibility index (Phi) is 8.80. The molecule has 0 saturated heterocycles. The number of aromatic nitrogens is 5. The number of nitrogens with one attached hydrogen (secondary N) is 1. The molecule has 41 heavy (non-hydrogen) atoms. The highest BCUT2D eigenvalue weighted by atomic mass is 35.5. The van der Waals surface area contributed by atoms with Gasteiger partial charge in [0.25, 0.3) is 0 Å². The predicted octanol–water partition coefficient (Wildman–Crippen LogP) is 3.90. The van der Waals surface area contributed by atoms with E-state index in [1.54, 1.807) is 47.1 Å². The number of carboxylic acids is 1. The molecule has 11 nitrogen and oxygen atoms in total. The molecule has 0 radical (unpaired) electrons. The van der Waals surface area contributed by atoms with Crippen LogP contribution in [0.2, 0.25) is 5.15 Å². The number of alkyl halides is 3. The van der Waals surface area contributed by atoms with Gasteiger partial charge in [0.05, 0.1) is 31.5 Å². The zero-order valence-electron chi connectivity index (χ0n) is 21.1. The topological polar surface area (TPSA) is 148 Å². The Morgan fingerprint density at radius 3 is 2.41 bits per heavy atom. The first-order valence-electron chi connectivity index (χ1n) is 11.9. The molecule has 3 atom stereocenters. The predicted molar refractivity (Wildman–Crippen MR) is 137 cm³/mol. The van der Waals surface area contributed by atoms with Gasteiger partial charge in [-0.1, -0.05) is 23.7 Å². The van der Waals surface area contributed by atoms with Crippen molar-refractivity contribution in [3.05, 3.63) is 77.3 Å². The van der Waals surface area contributed by atoms with Crippen LogP contribution in [0.1, 0.15) is 23.7 Å². The van der Waals surface area contributed by atoms with Crippen molar-refractivity contribution in [2.45, 2.75) is 37.3 Å². The van der Waals surface area contributed by atoms with Crippen LogP contribution < -0.4 is 10.1 Å². The molecule has 4 aromatic rings. The van der Waals surface area contributed by atoms with Crippen LogP contribution in [0.3, 0.4) is 0 Å². The Balaban J connectivity index is 0.000000493. The number of anilines is 2. The summed E-state index contributed by atoms with van der Waals surface area (Å²) in [4.78, 5) is 17.6. The first kappa shape index (κ1) is 29.8. The Hall–Kier alpha value is -4.21. The Morgan fingerprint density at radius 2 is 1.83 bits per heavy atom. The summed E-state index contributed by atoms with van der Waals surface area (Å²) in [6.07, 6.45) is -3.53. The summed E-state index contributed by atoms with van der Waals surface area (Å²) in [5, 5.41) is 35.9. The highest BCUT2D eigenvalue weighted by molar-refractivity contribution is 6.29. The van der Waals surface area contributed by atoms with Crippen LogP contribution in [0.25, 0.3) is 5.69 Å². The summed E-state index contributed by atoms with van der Waals surface area (Å²) < 4.78 is 54.1. The highest BCUT2D eigenvalue weighted by Gasteiger charge is 2.38. The molecule has 0 saturated carbocycles. The third-order valence-electron chi connectivity index (χ3n) is 6.07. The number of benzene rings is 2. The minimum atomic E-state index is -5.08. The van der Waals surface area contributed by atoms with Crippen LogP contribution in [0.5, 0.6) is 5.75 Å². The van der Waals surface area contributed by atoms with E-state index in [1.807, 2.05) is 12.1 Å². The number of fused-ring (bicyclic) bond motifs is 1. The maximum Gasteiger partial charge on any atom is 0.490 e. The number of aliphatic carboxylic acids is 1. The van der Waals surface area contributed by atoms with Crippen LogP contribution >= 0.6 is 11.6 Å². The molecule has 0 bridgehead atoms. The van der Waals surface area contributed by atoms with Gasteiger partial charge in [-0.15, -0.1) is 5.10 Å². The molecule has 2 aromatic heterocycles. The molecule has 0 unspecified atom stereocenters. The zero-order valence-corrected chi connectivity index (χ0v) is 21.9. The SMILES string of the molecule is COc1cc(Nc2nc3n(n2)C[C@H](O)[C@H](O)C[C@H]3c2ccc(F)cc2)ccc1-n1cnc(Cl)c1.O=C(O)C(F)(F)F. The van der Waals surface area contributed by atoms with Crippen LogP contribution in [0.15, 0.2) is 55.0 Å². The molecule has 16 heteroatoms. The second-order valence-electron chi connectivity index (χ2n) is 8.87. The van der Waals surface area contributed by atoms with E-state index in [1.165, 1.54) is 12.1 Å². The van der Waals surface area contributed by atoms with Gasteiger partial charge in [0.1, 0.15) is 28.9 Å². The molecular formula is C25H23ClF4N6O5. The number of carboxylic acid groups (broad SMARTS) is 1. The number of nitrogens with zero attached hydrogens (tertiary/aromatic N) is 5. The first-order valence-corrected chi connectivity index (χ1v) is 12.2. The molecule has 2 aromatic carbocycles. The van der Waals surface area contributed by atoms with Crippen LogP contribution in [-0.4, -0.2) is 71.1 Å². The van der Waals surface area contributed by atoms with Gasteiger partial charge in [-0.2, -0.15) is 18.2 Å². The van der Waals surface area contributed by atoms with E-state index in [4.69, 9.17) is 26.2 Å². The van der Waals surface area contributed by atoms with Crippen molar-refractivity contribution in [3.8, 4) is 11.4 Å². The smallest absolute Gasteiger partial charge is 0.490 e. The van der Waals surface area contributed by atoms with Crippen molar-refractivity contribution < 1.29 is 42.4 Å². The van der Waals surface area contributed by atoms with Gasteiger partial charge < -0.3 is 29.9 Å². The first-order chi connectivity index (χ1) is 19.3. The van der Waals surface area contributed by atoms with Gasteiger partial charge in [-0.25, -0.2) is 18.9 Å². The number of hydrogen-bond acceptors (Lipinski definition) is 8. The van der Waals surface area contributed by atoms with Crippen molar-refractivity contribution >= 4 is 29.2 Å². The summed E-state index contributed by atoms with van der Waals surface area (Å²) in [5.74, 6) is -1.99. The fraction of sp³-hybridized carbons (Fsp3) is 0.280. The lowest BCUT2D eigenvalue weighted by Crippen LogP contribution is -2.29. The minimum absolute atomic E-state index is 0.0898. The Morgan fingerprint density at radius 1 is 1.15 bits per heavy atom. The van der Waals surface area contributed by atoms with Crippen LogP contribution in [0.4, 0.5) is 29.2 Å². The van der Waals surface area contributed by atoms with Gasteiger partial charge in [-0.3, -0.25) is 0 Å². The van der Waals surface area contributed by atoms with E-state index in [0.717, 1.165) is 11.3 Å². The number of rotatable bonds is 5. The number of aliphatic hydroxyl groups is 2. The summed E-state index contributed by atoms with van der Waals surface area (Å²) >= 11 is 5.93. The van der Waals surface area contributed by atoms with Crippen molar-refractivity contribution in [1.29, 1.82) is 0 Å². The summed E-state index contributed by atoms with van der Waals surface area (Å²) in [7, 11) is 1.57. The molecule has 5 rings (SSSR count). The van der Waals surface area contributed by atoms with Gasteiger partial charge in [-0.05, 0) is 36.2 Å². The number of ether oxygens (including phenoxy) is 1. The molecular weight excluding hydrogens is 576 g/mol. The number of hydrogen-bond donors (Lipinski definition) is 4. The van der Waals surface area contributed by atoms with E-state index in [9.17, 15) is 27.8 Å². The Labute approximate surface area is 234 Å². The lowest BCUT2D eigenvalue weighted by molar-refractivity contribution is -0.192. The van der Waals surface area contributed by atoms with E-state index in [-0.39, 0.29) is 24.7 Å². The molecule has 218 valence electrons. The summed E-state index contributed by atoms with van der Waals surface area (Å²) in [5.41, 5.74) is 2.22. The quantitative estimate of drug-likeness (QED) is 0.251. The lowest BCUT2D eigenvalue weighted by atomic mass is 9.92. The minimum Gasteiger partial charge on any atom is -0.494 e. The van der Waals surface area contributed by atoms with Gasteiger partial charge in [0.15, 0.2) is 0 Å². The molecule has 1 aliphatic rings. The normalized spacial score (nSPS) is 18.5. The second kappa shape index (κ2) is 12.1. The van der Waals surface area contributed by atoms with Gasteiger partial charge in [0.2, 0.25) is 5.95 Å². The molecule has 3 heterocycles. The van der Waals surface area contributed by atoms with E-state index in [0.29, 0.717) is 28.4 Å².